The quantitative estimate of drug-likeness (QED) is 0.223. The highest BCUT2D eigenvalue weighted by Gasteiger charge is 2.41. The standard InChI is InChI=1S/C35H30N6O2/c1-4-43-35(42)24-18-20-25(21-19-24)36-32-34-38-33-30(23(3)39-41(33)26-13-6-5-7-14-26)31(27-15-9-8-12-22(27)2)40(34)29-17-11-10-16-28(29)37-32/h5-21,31H,4H2,1-3H3,(H,36,37)/t31-/m1/s1. The third-order valence-corrected chi connectivity index (χ3v) is 7.78. The van der Waals surface area contributed by atoms with Crippen molar-refractivity contribution in [3.05, 3.63) is 131 Å². The number of fused-ring (bicyclic) bond motifs is 4. The maximum absolute atomic E-state index is 12.2. The number of ether oxygens (including phenoxy) is 1. The van der Waals surface area contributed by atoms with Crippen molar-refractivity contribution in [3.8, 4) is 5.69 Å². The van der Waals surface area contributed by atoms with Crippen molar-refractivity contribution in [3.63, 3.8) is 0 Å². The van der Waals surface area contributed by atoms with Crippen LogP contribution in [-0.2, 0) is 4.74 Å². The minimum Gasteiger partial charge on any atom is -0.462 e. The van der Waals surface area contributed by atoms with Gasteiger partial charge in [0.05, 0.1) is 41.0 Å². The van der Waals surface area contributed by atoms with E-state index >= 15 is 0 Å². The fraction of sp³-hybridized carbons (Fsp3) is 0.143. The summed E-state index contributed by atoms with van der Waals surface area (Å²) in [7, 11) is 0. The van der Waals surface area contributed by atoms with Gasteiger partial charge in [0.2, 0.25) is 0 Å². The number of anilines is 2. The second-order valence-electron chi connectivity index (χ2n) is 10.5. The van der Waals surface area contributed by atoms with Crippen molar-refractivity contribution in [1.82, 2.24) is 9.78 Å². The zero-order valence-electron chi connectivity index (χ0n) is 24.2. The number of aliphatic imine (C=N–C) groups is 2. The Kier molecular flexibility index (Phi) is 6.58. The number of para-hydroxylation sites is 3. The van der Waals surface area contributed by atoms with E-state index in [2.05, 4.69) is 54.4 Å². The molecule has 2 aliphatic rings. The number of amidine groups is 2. The molecule has 0 radical (unpaired) electrons. The Morgan fingerprint density at radius 3 is 2.35 bits per heavy atom. The molecule has 0 amide bonds. The van der Waals surface area contributed by atoms with Gasteiger partial charge in [-0.2, -0.15) is 5.10 Å². The topological polar surface area (TPSA) is 84.1 Å². The van der Waals surface area contributed by atoms with Crippen LogP contribution in [0.4, 0.5) is 22.9 Å². The molecule has 0 fully saturated rings. The van der Waals surface area contributed by atoms with E-state index in [1.807, 2.05) is 65.3 Å². The smallest absolute Gasteiger partial charge is 0.338 e. The Bertz CT molecular complexity index is 1910. The van der Waals surface area contributed by atoms with E-state index in [0.717, 1.165) is 39.8 Å². The summed E-state index contributed by atoms with van der Waals surface area (Å²) in [6.07, 6.45) is 0. The van der Waals surface area contributed by atoms with E-state index in [1.165, 1.54) is 11.1 Å². The average Bonchev–Trinajstić information content (AvgIpc) is 3.37. The highest BCUT2D eigenvalue weighted by atomic mass is 16.5. The number of carbonyl (C=O) groups is 1. The van der Waals surface area contributed by atoms with E-state index in [4.69, 9.17) is 19.8 Å². The lowest BCUT2D eigenvalue weighted by atomic mass is 9.90. The van der Waals surface area contributed by atoms with Crippen LogP contribution in [0.3, 0.4) is 0 Å². The molecule has 0 saturated carbocycles. The summed E-state index contributed by atoms with van der Waals surface area (Å²) in [6, 6.07) is 33.7. The molecule has 3 heterocycles. The molecule has 1 atom stereocenters. The number of carbonyl (C=O) groups excluding carboxylic acids is 1. The molecule has 0 unspecified atom stereocenters. The SMILES string of the molecule is CCOC(=O)c1ccc(NC2=Nc3ccccc3N3C2=Nc2c(c(C)nn2-c2ccccc2)[C@H]3c2ccccc2C)cc1. The molecule has 0 spiro atoms. The van der Waals surface area contributed by atoms with Gasteiger partial charge in [0, 0.05) is 11.3 Å². The summed E-state index contributed by atoms with van der Waals surface area (Å²) >= 11 is 0. The number of hydrogen-bond donors (Lipinski definition) is 1. The Balaban J connectivity index is 1.42. The highest BCUT2D eigenvalue weighted by Crippen LogP contribution is 2.48. The Labute approximate surface area is 250 Å². The molecule has 5 aromatic rings. The van der Waals surface area contributed by atoms with Gasteiger partial charge in [-0.15, -0.1) is 0 Å². The zero-order valence-corrected chi connectivity index (χ0v) is 24.2. The summed E-state index contributed by atoms with van der Waals surface area (Å²) in [6.45, 7) is 6.32. The molecule has 0 aliphatic carbocycles. The molecule has 8 nitrogen and oxygen atoms in total. The van der Waals surface area contributed by atoms with Gasteiger partial charge in [-0.25, -0.2) is 19.5 Å². The normalized spacial score (nSPS) is 15.0. The van der Waals surface area contributed by atoms with E-state index in [0.29, 0.717) is 23.8 Å². The van der Waals surface area contributed by atoms with Crippen LogP contribution in [-0.4, -0.2) is 34.0 Å². The number of nitrogens with one attached hydrogen (secondary N) is 1. The molecule has 7 rings (SSSR count). The lowest BCUT2D eigenvalue weighted by Gasteiger charge is -2.41. The largest absolute Gasteiger partial charge is 0.462 e. The maximum Gasteiger partial charge on any atom is 0.338 e. The number of nitrogens with zero attached hydrogens (tertiary/aromatic N) is 5. The number of hydrogen-bond acceptors (Lipinski definition) is 7. The van der Waals surface area contributed by atoms with Gasteiger partial charge in [0.25, 0.3) is 0 Å². The van der Waals surface area contributed by atoms with E-state index < -0.39 is 0 Å². The van der Waals surface area contributed by atoms with Crippen LogP contribution in [0.15, 0.2) is 113 Å². The van der Waals surface area contributed by atoms with E-state index in [1.54, 1.807) is 19.1 Å². The number of esters is 1. The Hall–Kier alpha value is -5.50. The van der Waals surface area contributed by atoms with Gasteiger partial charge >= 0.3 is 5.97 Å². The molecule has 1 aromatic heterocycles. The second-order valence-corrected chi connectivity index (χ2v) is 10.5. The first kappa shape index (κ1) is 26.4. The first-order chi connectivity index (χ1) is 21.0. The zero-order chi connectivity index (χ0) is 29.5. The molecule has 8 heteroatoms. The first-order valence-electron chi connectivity index (χ1n) is 14.3. The van der Waals surface area contributed by atoms with Crippen molar-refractivity contribution in [1.29, 1.82) is 0 Å². The Morgan fingerprint density at radius 2 is 1.58 bits per heavy atom. The van der Waals surface area contributed by atoms with E-state index in [9.17, 15) is 4.79 Å². The van der Waals surface area contributed by atoms with Crippen molar-refractivity contribution < 1.29 is 9.53 Å². The second kappa shape index (κ2) is 10.7. The summed E-state index contributed by atoms with van der Waals surface area (Å²) in [5.41, 5.74) is 8.32. The fourth-order valence-electron chi connectivity index (χ4n) is 5.78. The molecule has 212 valence electrons. The van der Waals surface area contributed by atoms with Crippen LogP contribution < -0.4 is 10.2 Å². The molecule has 1 N–H and O–H groups in total. The molecule has 43 heavy (non-hydrogen) atoms. The van der Waals surface area contributed by atoms with E-state index in [-0.39, 0.29) is 12.0 Å². The van der Waals surface area contributed by atoms with Crippen molar-refractivity contribution >= 4 is 40.5 Å². The lowest BCUT2D eigenvalue weighted by molar-refractivity contribution is 0.0526. The minimum atomic E-state index is -0.348. The third-order valence-electron chi connectivity index (χ3n) is 7.78. The molecule has 2 aliphatic heterocycles. The van der Waals surface area contributed by atoms with Crippen molar-refractivity contribution in [2.75, 3.05) is 16.8 Å². The molecular weight excluding hydrogens is 536 g/mol. The molecule has 0 bridgehead atoms. The number of rotatable bonds is 5. The van der Waals surface area contributed by atoms with Gasteiger partial charge in [-0.3, -0.25) is 0 Å². The summed E-state index contributed by atoms with van der Waals surface area (Å²) in [5.74, 6) is 1.71. The van der Waals surface area contributed by atoms with Crippen LogP contribution in [0.2, 0.25) is 0 Å². The number of aryl methyl sites for hydroxylation is 2. The maximum atomic E-state index is 12.2. The third kappa shape index (κ3) is 4.57. The lowest BCUT2D eigenvalue weighted by Crippen LogP contribution is -2.46. The Morgan fingerprint density at radius 1 is 0.860 bits per heavy atom. The summed E-state index contributed by atoms with van der Waals surface area (Å²) < 4.78 is 7.08. The van der Waals surface area contributed by atoms with Crippen LogP contribution in [0.5, 0.6) is 0 Å². The van der Waals surface area contributed by atoms with Gasteiger partial charge in [0.15, 0.2) is 17.5 Å². The van der Waals surface area contributed by atoms with Gasteiger partial charge < -0.3 is 15.0 Å². The summed E-state index contributed by atoms with van der Waals surface area (Å²) in [4.78, 5) is 24.9. The minimum absolute atomic E-state index is 0.194. The monoisotopic (exact) mass is 566 g/mol. The molecule has 0 saturated heterocycles. The first-order valence-corrected chi connectivity index (χ1v) is 14.3. The van der Waals surface area contributed by atoms with Crippen LogP contribution in [0.1, 0.15) is 45.7 Å². The van der Waals surface area contributed by atoms with Crippen LogP contribution >= 0.6 is 0 Å². The van der Waals surface area contributed by atoms with Gasteiger partial charge in [-0.1, -0.05) is 54.6 Å². The van der Waals surface area contributed by atoms with Crippen molar-refractivity contribution in [2.45, 2.75) is 26.8 Å². The number of benzene rings is 4. The fourth-order valence-corrected chi connectivity index (χ4v) is 5.78. The predicted molar refractivity (Wildman–Crippen MR) is 170 cm³/mol. The van der Waals surface area contributed by atoms with Gasteiger partial charge in [-0.05, 0) is 80.4 Å². The number of aromatic nitrogens is 2. The average molecular weight is 567 g/mol. The molecule has 4 aromatic carbocycles. The predicted octanol–water partition coefficient (Wildman–Crippen LogP) is 7.46. The molecular formula is C35H30N6O2. The van der Waals surface area contributed by atoms with Crippen molar-refractivity contribution in [2.24, 2.45) is 9.98 Å². The highest BCUT2D eigenvalue weighted by molar-refractivity contribution is 6.51. The van der Waals surface area contributed by atoms with Crippen LogP contribution in [0, 0.1) is 13.8 Å². The van der Waals surface area contributed by atoms with Gasteiger partial charge in [0.1, 0.15) is 0 Å². The summed E-state index contributed by atoms with van der Waals surface area (Å²) in [5, 5.41) is 8.51. The van der Waals surface area contributed by atoms with Crippen LogP contribution in [0.25, 0.3) is 5.69 Å².